The predicted molar refractivity (Wildman–Crippen MR) is 78.1 cm³/mol. The van der Waals surface area contributed by atoms with Crippen LogP contribution in [0.25, 0.3) is 27.1 Å². The van der Waals surface area contributed by atoms with Gasteiger partial charge in [-0.05, 0) is 18.2 Å². The molecule has 0 radical (unpaired) electrons. The van der Waals surface area contributed by atoms with Crippen molar-refractivity contribution in [1.82, 2.24) is 4.40 Å². The van der Waals surface area contributed by atoms with Gasteiger partial charge in [-0.1, -0.05) is 18.2 Å². The van der Waals surface area contributed by atoms with Gasteiger partial charge in [-0.25, -0.2) is 0 Å². The smallest absolute Gasteiger partial charge is 0.263 e. The molecular formula is C16H11NO3. The van der Waals surface area contributed by atoms with Gasteiger partial charge in [0.05, 0.1) is 18.0 Å². The van der Waals surface area contributed by atoms with Crippen LogP contribution in [0.3, 0.4) is 0 Å². The van der Waals surface area contributed by atoms with Gasteiger partial charge < -0.3 is 9.84 Å². The third kappa shape index (κ3) is 1.23. The van der Waals surface area contributed by atoms with Crippen molar-refractivity contribution in [2.45, 2.75) is 0 Å². The van der Waals surface area contributed by atoms with E-state index in [1.807, 2.05) is 24.3 Å². The van der Waals surface area contributed by atoms with Crippen LogP contribution in [-0.4, -0.2) is 16.6 Å². The Bertz CT molecular complexity index is 1020. The second-order valence-corrected chi connectivity index (χ2v) is 4.80. The molecule has 0 aliphatic rings. The minimum atomic E-state index is -0.133. The number of hydrogen-bond acceptors (Lipinski definition) is 3. The minimum absolute atomic E-state index is 0.0256. The van der Waals surface area contributed by atoms with Gasteiger partial charge in [-0.3, -0.25) is 9.20 Å². The van der Waals surface area contributed by atoms with E-state index in [2.05, 4.69) is 0 Å². The number of ether oxygens (including phenoxy) is 1. The van der Waals surface area contributed by atoms with Gasteiger partial charge in [0, 0.05) is 22.4 Å². The highest BCUT2D eigenvalue weighted by atomic mass is 16.5. The Morgan fingerprint density at radius 1 is 1.10 bits per heavy atom. The van der Waals surface area contributed by atoms with E-state index in [0.29, 0.717) is 11.1 Å². The number of phenols is 1. The van der Waals surface area contributed by atoms with Crippen LogP contribution in [0.4, 0.5) is 0 Å². The SMILES string of the molecule is COc1cc2c(cc1O)c(=O)n1ccc3cccc2c31. The van der Waals surface area contributed by atoms with Crippen LogP contribution in [0.5, 0.6) is 11.5 Å². The molecule has 4 aromatic rings. The number of nitrogens with zero attached hydrogens (tertiary/aromatic N) is 1. The third-order valence-corrected chi connectivity index (χ3v) is 3.77. The number of aromatic hydroxyl groups is 1. The molecule has 2 aromatic carbocycles. The van der Waals surface area contributed by atoms with E-state index in [1.165, 1.54) is 13.2 Å². The molecule has 4 rings (SSSR count). The number of fused-ring (bicyclic) bond motifs is 2. The first kappa shape index (κ1) is 11.1. The van der Waals surface area contributed by atoms with Crippen LogP contribution in [0.1, 0.15) is 0 Å². The second kappa shape index (κ2) is 3.63. The summed E-state index contributed by atoms with van der Waals surface area (Å²) in [7, 11) is 1.50. The summed E-state index contributed by atoms with van der Waals surface area (Å²) in [4.78, 5) is 12.5. The molecule has 20 heavy (non-hydrogen) atoms. The molecule has 0 fully saturated rings. The third-order valence-electron chi connectivity index (χ3n) is 3.77. The van der Waals surface area contributed by atoms with Gasteiger partial charge in [0.2, 0.25) is 0 Å². The zero-order chi connectivity index (χ0) is 13.9. The number of para-hydroxylation sites is 1. The summed E-state index contributed by atoms with van der Waals surface area (Å²) in [5, 5.41) is 13.2. The molecule has 0 atom stereocenters. The first-order valence-corrected chi connectivity index (χ1v) is 6.27. The van der Waals surface area contributed by atoms with Crippen LogP contribution < -0.4 is 10.3 Å². The lowest BCUT2D eigenvalue weighted by Gasteiger charge is -2.09. The maximum atomic E-state index is 12.5. The van der Waals surface area contributed by atoms with Crippen LogP contribution in [0.2, 0.25) is 0 Å². The highest BCUT2D eigenvalue weighted by Gasteiger charge is 2.14. The number of methoxy groups -OCH3 is 1. The summed E-state index contributed by atoms with van der Waals surface area (Å²) in [5.74, 6) is 0.343. The predicted octanol–water partition coefficient (Wildman–Crippen LogP) is 2.76. The fourth-order valence-corrected chi connectivity index (χ4v) is 2.84. The summed E-state index contributed by atoms with van der Waals surface area (Å²) in [6.45, 7) is 0. The highest BCUT2D eigenvalue weighted by molar-refractivity contribution is 6.12. The monoisotopic (exact) mass is 265 g/mol. The topological polar surface area (TPSA) is 50.9 Å². The number of hydrogen-bond donors (Lipinski definition) is 1. The van der Waals surface area contributed by atoms with E-state index < -0.39 is 0 Å². The maximum absolute atomic E-state index is 12.5. The second-order valence-electron chi connectivity index (χ2n) is 4.80. The minimum Gasteiger partial charge on any atom is -0.504 e. The molecule has 0 unspecified atom stereocenters. The zero-order valence-electron chi connectivity index (χ0n) is 10.8. The van der Waals surface area contributed by atoms with E-state index in [9.17, 15) is 9.90 Å². The lowest BCUT2D eigenvalue weighted by Crippen LogP contribution is -2.12. The highest BCUT2D eigenvalue weighted by Crippen LogP contribution is 2.34. The fraction of sp³-hybridized carbons (Fsp3) is 0.0625. The molecule has 0 saturated carbocycles. The van der Waals surface area contributed by atoms with Crippen molar-refractivity contribution in [3.05, 3.63) is 52.9 Å². The van der Waals surface area contributed by atoms with E-state index in [4.69, 9.17) is 4.74 Å². The summed E-state index contributed by atoms with van der Waals surface area (Å²) in [6, 6.07) is 11.0. The van der Waals surface area contributed by atoms with Crippen molar-refractivity contribution in [1.29, 1.82) is 0 Å². The van der Waals surface area contributed by atoms with E-state index in [-0.39, 0.29) is 11.3 Å². The number of pyridine rings is 1. The first-order valence-electron chi connectivity index (χ1n) is 6.27. The molecule has 2 aromatic heterocycles. The molecule has 0 amide bonds. The normalized spacial score (nSPS) is 11.7. The van der Waals surface area contributed by atoms with Crippen LogP contribution in [-0.2, 0) is 0 Å². The Hall–Kier alpha value is -2.75. The van der Waals surface area contributed by atoms with Crippen molar-refractivity contribution in [3.8, 4) is 11.5 Å². The molecule has 0 aliphatic heterocycles. The fourth-order valence-electron chi connectivity index (χ4n) is 2.84. The van der Waals surface area contributed by atoms with Crippen molar-refractivity contribution < 1.29 is 9.84 Å². The molecule has 0 aliphatic carbocycles. The molecule has 0 saturated heterocycles. The first-order chi connectivity index (χ1) is 9.70. The van der Waals surface area contributed by atoms with Crippen LogP contribution in [0.15, 0.2) is 47.4 Å². The Morgan fingerprint density at radius 2 is 1.95 bits per heavy atom. The maximum Gasteiger partial charge on any atom is 0.263 e. The summed E-state index contributed by atoms with van der Waals surface area (Å²) in [5.41, 5.74) is 0.768. The summed E-state index contributed by atoms with van der Waals surface area (Å²) >= 11 is 0. The van der Waals surface area contributed by atoms with Crippen molar-refractivity contribution in [2.75, 3.05) is 7.11 Å². The Balaban J connectivity index is 2.38. The van der Waals surface area contributed by atoms with Crippen molar-refractivity contribution in [3.63, 3.8) is 0 Å². The molecule has 0 bridgehead atoms. The summed E-state index contributed by atoms with van der Waals surface area (Å²) < 4.78 is 6.77. The standard InChI is InChI=1S/C16H11NO3/c1-20-14-8-11-10-4-2-3-9-5-6-17(15(9)10)16(19)12(11)7-13(14)18/h2-8,18H,1H3. The largest absolute Gasteiger partial charge is 0.504 e. The molecule has 1 N–H and O–H groups in total. The molecular weight excluding hydrogens is 254 g/mol. The van der Waals surface area contributed by atoms with Gasteiger partial charge in [0.15, 0.2) is 11.5 Å². The molecule has 98 valence electrons. The molecule has 0 spiro atoms. The molecule has 4 nitrogen and oxygen atoms in total. The van der Waals surface area contributed by atoms with Gasteiger partial charge in [0.1, 0.15) is 0 Å². The van der Waals surface area contributed by atoms with Crippen LogP contribution in [0, 0.1) is 0 Å². The Kier molecular flexibility index (Phi) is 2.02. The van der Waals surface area contributed by atoms with Crippen LogP contribution >= 0.6 is 0 Å². The van der Waals surface area contributed by atoms with Gasteiger partial charge in [-0.2, -0.15) is 0 Å². The molecule has 2 heterocycles. The Morgan fingerprint density at radius 3 is 2.75 bits per heavy atom. The van der Waals surface area contributed by atoms with Gasteiger partial charge >= 0.3 is 0 Å². The van der Waals surface area contributed by atoms with Gasteiger partial charge in [-0.15, -0.1) is 0 Å². The lowest BCUT2D eigenvalue weighted by atomic mass is 10.0. The van der Waals surface area contributed by atoms with E-state index in [1.54, 1.807) is 16.7 Å². The quantitative estimate of drug-likeness (QED) is 0.538. The Labute approximate surface area is 113 Å². The van der Waals surface area contributed by atoms with Crippen molar-refractivity contribution in [2.24, 2.45) is 0 Å². The van der Waals surface area contributed by atoms with E-state index in [0.717, 1.165) is 21.7 Å². The zero-order valence-corrected chi connectivity index (χ0v) is 10.8. The number of aromatic nitrogens is 1. The average Bonchev–Trinajstić information content (AvgIpc) is 2.89. The molecule has 4 heteroatoms. The van der Waals surface area contributed by atoms with E-state index >= 15 is 0 Å². The lowest BCUT2D eigenvalue weighted by molar-refractivity contribution is 0.374. The number of benzene rings is 2. The summed E-state index contributed by atoms with van der Waals surface area (Å²) in [6.07, 6.45) is 1.76. The van der Waals surface area contributed by atoms with Gasteiger partial charge in [0.25, 0.3) is 5.56 Å². The average molecular weight is 265 g/mol. The number of phenolic OH excluding ortho intramolecular Hbond substituents is 1. The number of rotatable bonds is 1. The van der Waals surface area contributed by atoms with Crippen molar-refractivity contribution >= 4 is 27.1 Å².